The van der Waals surface area contributed by atoms with Crippen LogP contribution in [0, 0.1) is 13.8 Å². The summed E-state index contributed by atoms with van der Waals surface area (Å²) in [5.74, 6) is 0.0215. The molecule has 1 amide bonds. The van der Waals surface area contributed by atoms with E-state index in [0.717, 1.165) is 42.6 Å². The molecule has 2 aromatic heterocycles. The minimum atomic E-state index is 0.0215. The molecule has 2 aromatic rings. The third-order valence-corrected chi connectivity index (χ3v) is 4.71. The number of carbonyl (C=O) groups is 1. The van der Waals surface area contributed by atoms with Crippen LogP contribution < -0.4 is 10.1 Å². The van der Waals surface area contributed by atoms with Gasteiger partial charge in [-0.15, -0.1) is 0 Å². The molecule has 1 aliphatic rings. The Labute approximate surface area is 140 Å². The first-order chi connectivity index (χ1) is 11.1. The van der Waals surface area contributed by atoms with E-state index in [1.54, 1.807) is 0 Å². The molecule has 1 fully saturated rings. The van der Waals surface area contributed by atoms with Crippen molar-refractivity contribution in [1.82, 2.24) is 15.3 Å². The Kier molecular flexibility index (Phi) is 4.91. The van der Waals surface area contributed by atoms with E-state index in [1.807, 2.05) is 36.7 Å². The van der Waals surface area contributed by atoms with Crippen LogP contribution >= 0.6 is 11.3 Å². The highest BCUT2D eigenvalue weighted by atomic mass is 32.1. The van der Waals surface area contributed by atoms with Crippen LogP contribution in [0.2, 0.25) is 0 Å². The Morgan fingerprint density at radius 3 is 2.52 bits per heavy atom. The number of amides is 1. The predicted molar refractivity (Wildman–Crippen MR) is 90.0 cm³/mol. The molecule has 122 valence electrons. The summed E-state index contributed by atoms with van der Waals surface area (Å²) in [4.78, 5) is 20.7. The minimum Gasteiger partial charge on any atom is -0.460 e. The monoisotopic (exact) mass is 331 g/mol. The number of thiophene rings is 1. The normalized spacial score (nSPS) is 21.0. The average Bonchev–Trinajstić information content (AvgIpc) is 3.02. The van der Waals surface area contributed by atoms with E-state index >= 15 is 0 Å². The number of ether oxygens (including phenoxy) is 1. The summed E-state index contributed by atoms with van der Waals surface area (Å²) < 4.78 is 5.91. The molecular weight excluding hydrogens is 310 g/mol. The summed E-state index contributed by atoms with van der Waals surface area (Å²) >= 11 is 1.54. The van der Waals surface area contributed by atoms with Crippen LogP contribution in [0.3, 0.4) is 0 Å². The number of hydrogen-bond acceptors (Lipinski definition) is 5. The van der Waals surface area contributed by atoms with Gasteiger partial charge in [0.05, 0.1) is 0 Å². The molecule has 0 atom stereocenters. The maximum Gasteiger partial charge on any atom is 0.317 e. The third-order valence-electron chi connectivity index (χ3n) is 4.03. The Morgan fingerprint density at radius 2 is 1.91 bits per heavy atom. The molecule has 0 bridgehead atoms. The second-order valence-corrected chi connectivity index (χ2v) is 6.79. The summed E-state index contributed by atoms with van der Waals surface area (Å²) in [6.07, 6.45) is 3.79. The van der Waals surface area contributed by atoms with Crippen molar-refractivity contribution < 1.29 is 9.53 Å². The molecule has 0 aromatic carbocycles. The van der Waals surface area contributed by atoms with E-state index in [0.29, 0.717) is 6.01 Å². The van der Waals surface area contributed by atoms with Crippen molar-refractivity contribution in [1.29, 1.82) is 0 Å². The molecular formula is C17H21N3O2S. The van der Waals surface area contributed by atoms with Gasteiger partial charge in [-0.1, -0.05) is 0 Å². The molecule has 0 unspecified atom stereocenters. The van der Waals surface area contributed by atoms with Crippen LogP contribution in [0.15, 0.2) is 22.9 Å². The van der Waals surface area contributed by atoms with Crippen LogP contribution in [-0.4, -0.2) is 28.0 Å². The molecule has 5 nitrogen and oxygen atoms in total. The van der Waals surface area contributed by atoms with E-state index in [9.17, 15) is 4.79 Å². The van der Waals surface area contributed by atoms with Gasteiger partial charge in [0.15, 0.2) is 0 Å². The molecule has 23 heavy (non-hydrogen) atoms. The number of rotatable bonds is 4. The van der Waals surface area contributed by atoms with Crippen LogP contribution in [0.25, 0.3) is 0 Å². The maximum absolute atomic E-state index is 12.1. The highest BCUT2D eigenvalue weighted by Crippen LogP contribution is 2.23. The first-order valence-corrected chi connectivity index (χ1v) is 8.86. The Morgan fingerprint density at radius 1 is 1.22 bits per heavy atom. The SMILES string of the molecule is Cc1cc(C)nc(OC2CCC(NC(=O)c3ccsc3)CC2)n1. The number of nitrogens with zero attached hydrogens (tertiary/aromatic N) is 2. The van der Waals surface area contributed by atoms with E-state index in [2.05, 4.69) is 15.3 Å². The molecule has 1 N–H and O–H groups in total. The predicted octanol–water partition coefficient (Wildman–Crippen LogP) is 3.27. The number of nitrogens with one attached hydrogen (secondary N) is 1. The van der Waals surface area contributed by atoms with Gasteiger partial charge in [0.25, 0.3) is 5.91 Å². The van der Waals surface area contributed by atoms with Gasteiger partial charge in [0.1, 0.15) is 6.10 Å². The zero-order valence-electron chi connectivity index (χ0n) is 13.4. The van der Waals surface area contributed by atoms with E-state index in [1.165, 1.54) is 11.3 Å². The van der Waals surface area contributed by atoms with Crippen molar-refractivity contribution in [3.8, 4) is 6.01 Å². The van der Waals surface area contributed by atoms with E-state index < -0.39 is 0 Å². The van der Waals surface area contributed by atoms with E-state index in [4.69, 9.17) is 4.74 Å². The molecule has 0 radical (unpaired) electrons. The quantitative estimate of drug-likeness (QED) is 0.934. The van der Waals surface area contributed by atoms with Crippen molar-refractivity contribution in [3.05, 3.63) is 39.8 Å². The molecule has 1 saturated carbocycles. The van der Waals surface area contributed by atoms with Crippen molar-refractivity contribution in [3.63, 3.8) is 0 Å². The number of aromatic nitrogens is 2. The first kappa shape index (κ1) is 15.9. The Balaban J connectivity index is 1.49. The van der Waals surface area contributed by atoms with Gasteiger partial charge < -0.3 is 10.1 Å². The van der Waals surface area contributed by atoms with Crippen molar-refractivity contribution in [2.75, 3.05) is 0 Å². The van der Waals surface area contributed by atoms with Gasteiger partial charge in [0, 0.05) is 28.4 Å². The molecule has 1 aliphatic carbocycles. The van der Waals surface area contributed by atoms with Gasteiger partial charge in [0.2, 0.25) is 0 Å². The highest BCUT2D eigenvalue weighted by Gasteiger charge is 2.24. The van der Waals surface area contributed by atoms with Gasteiger partial charge >= 0.3 is 6.01 Å². The number of aryl methyl sites for hydroxylation is 2. The lowest BCUT2D eigenvalue weighted by atomic mass is 9.93. The standard InChI is InChI=1S/C17H21N3O2S/c1-11-9-12(2)19-17(18-11)22-15-5-3-14(4-6-15)20-16(21)13-7-8-23-10-13/h7-10,14-15H,3-6H2,1-2H3,(H,20,21). The highest BCUT2D eigenvalue weighted by molar-refractivity contribution is 7.08. The second-order valence-electron chi connectivity index (χ2n) is 6.01. The van der Waals surface area contributed by atoms with Crippen LogP contribution in [0.4, 0.5) is 0 Å². The lowest BCUT2D eigenvalue weighted by Crippen LogP contribution is -2.39. The van der Waals surface area contributed by atoms with Crippen LogP contribution in [0.1, 0.15) is 47.4 Å². The summed E-state index contributed by atoms with van der Waals surface area (Å²) in [5, 5.41) is 6.90. The van der Waals surface area contributed by atoms with Gasteiger partial charge in [-0.2, -0.15) is 11.3 Å². The lowest BCUT2D eigenvalue weighted by molar-refractivity contribution is 0.0885. The zero-order chi connectivity index (χ0) is 16.2. The molecule has 2 heterocycles. The van der Waals surface area contributed by atoms with Gasteiger partial charge in [-0.25, -0.2) is 9.97 Å². The average molecular weight is 331 g/mol. The topological polar surface area (TPSA) is 64.1 Å². The smallest absolute Gasteiger partial charge is 0.317 e. The maximum atomic E-state index is 12.1. The van der Waals surface area contributed by atoms with Crippen molar-refractivity contribution in [2.24, 2.45) is 0 Å². The van der Waals surface area contributed by atoms with Crippen molar-refractivity contribution >= 4 is 17.2 Å². The van der Waals surface area contributed by atoms with Crippen molar-refractivity contribution in [2.45, 2.75) is 51.7 Å². The molecule has 0 saturated heterocycles. The van der Waals surface area contributed by atoms with Gasteiger partial charge in [-0.05, 0) is 57.0 Å². The van der Waals surface area contributed by atoms with Crippen LogP contribution in [0.5, 0.6) is 6.01 Å². The Bertz CT molecular complexity index is 644. The molecule has 6 heteroatoms. The zero-order valence-corrected chi connectivity index (χ0v) is 14.2. The first-order valence-electron chi connectivity index (χ1n) is 7.92. The van der Waals surface area contributed by atoms with Gasteiger partial charge in [-0.3, -0.25) is 4.79 Å². The fourth-order valence-corrected chi connectivity index (χ4v) is 3.52. The summed E-state index contributed by atoms with van der Waals surface area (Å²) in [7, 11) is 0. The largest absolute Gasteiger partial charge is 0.460 e. The fraction of sp³-hybridized carbons (Fsp3) is 0.471. The minimum absolute atomic E-state index is 0.0215. The molecule has 0 spiro atoms. The lowest BCUT2D eigenvalue weighted by Gasteiger charge is -2.28. The van der Waals surface area contributed by atoms with Crippen LogP contribution in [-0.2, 0) is 0 Å². The molecule has 0 aliphatic heterocycles. The number of carbonyl (C=O) groups excluding carboxylic acids is 1. The summed E-state index contributed by atoms with van der Waals surface area (Å²) in [5.41, 5.74) is 2.59. The fourth-order valence-electron chi connectivity index (χ4n) is 2.88. The third kappa shape index (κ3) is 4.28. The summed E-state index contributed by atoms with van der Waals surface area (Å²) in [6, 6.07) is 4.48. The second kappa shape index (κ2) is 7.08. The van der Waals surface area contributed by atoms with E-state index in [-0.39, 0.29) is 18.1 Å². The number of hydrogen-bond donors (Lipinski definition) is 1. The summed E-state index contributed by atoms with van der Waals surface area (Å²) in [6.45, 7) is 3.89. The Hall–Kier alpha value is -1.95. The molecule has 3 rings (SSSR count).